The third-order valence-electron chi connectivity index (χ3n) is 3.18. The van der Waals surface area contributed by atoms with Gasteiger partial charge in [0, 0.05) is 27.7 Å². The Morgan fingerprint density at radius 1 is 0.846 bits per heavy atom. The van der Waals surface area contributed by atoms with Gasteiger partial charge in [-0.2, -0.15) is 0 Å². The zero-order valence-electron chi connectivity index (χ0n) is 14.9. The zero-order valence-corrected chi connectivity index (χ0v) is 14.9. The van der Waals surface area contributed by atoms with Gasteiger partial charge in [-0.05, 0) is 0 Å². The summed E-state index contributed by atoms with van der Waals surface area (Å²) in [5, 5.41) is 0. The molecule has 11 heteroatoms. The number of carbonyl (C=O) groups is 5. The van der Waals surface area contributed by atoms with Crippen molar-refractivity contribution in [2.45, 2.75) is 51.8 Å². The van der Waals surface area contributed by atoms with Crippen molar-refractivity contribution >= 4 is 29.8 Å². The predicted octanol–water partition coefficient (Wildman–Crippen LogP) is -0.756. The molecular formula is C15H20O11. The molecule has 26 heavy (non-hydrogen) atoms. The highest BCUT2D eigenvalue weighted by Gasteiger charge is 2.64. The molecule has 0 N–H and O–H groups in total. The van der Waals surface area contributed by atoms with Crippen LogP contribution in [0.1, 0.15) is 27.7 Å². The fourth-order valence-electron chi connectivity index (χ4n) is 2.42. The quantitative estimate of drug-likeness (QED) is 0.442. The second-order valence-corrected chi connectivity index (χ2v) is 5.32. The fourth-order valence-corrected chi connectivity index (χ4v) is 2.42. The Bertz CT molecular complexity index is 598. The normalized spacial score (nSPS) is 27.7. The number of carbonyl (C=O) groups excluding carboxylic acids is 5. The zero-order chi connectivity index (χ0) is 20.1. The lowest BCUT2D eigenvalue weighted by Crippen LogP contribution is -2.68. The molecule has 1 saturated heterocycles. The number of hydrogen-bond donors (Lipinski definition) is 0. The molecule has 4 atom stereocenters. The molecule has 1 aliphatic heterocycles. The van der Waals surface area contributed by atoms with Crippen molar-refractivity contribution in [3.05, 3.63) is 0 Å². The number of esters is 5. The van der Waals surface area contributed by atoms with E-state index in [2.05, 4.69) is 4.74 Å². The van der Waals surface area contributed by atoms with E-state index in [1.54, 1.807) is 0 Å². The molecule has 146 valence electrons. The largest absolute Gasteiger partial charge is 0.464 e. The van der Waals surface area contributed by atoms with E-state index in [0.717, 1.165) is 34.8 Å². The Balaban J connectivity index is 3.46. The van der Waals surface area contributed by atoms with Gasteiger partial charge in [0.1, 0.15) is 0 Å². The van der Waals surface area contributed by atoms with Crippen LogP contribution in [0.25, 0.3) is 0 Å². The molecule has 0 aromatic rings. The van der Waals surface area contributed by atoms with Crippen LogP contribution in [-0.4, -0.2) is 67.7 Å². The maximum Gasteiger partial charge on any atom is 0.383 e. The summed E-state index contributed by atoms with van der Waals surface area (Å²) in [6.07, 6.45) is -4.50. The van der Waals surface area contributed by atoms with Gasteiger partial charge < -0.3 is 28.4 Å². The summed E-state index contributed by atoms with van der Waals surface area (Å²) in [5.74, 6) is -7.18. The van der Waals surface area contributed by atoms with Crippen LogP contribution in [0.3, 0.4) is 0 Å². The van der Waals surface area contributed by atoms with E-state index in [1.165, 1.54) is 0 Å². The second-order valence-electron chi connectivity index (χ2n) is 5.32. The molecule has 0 saturated carbocycles. The maximum absolute atomic E-state index is 12.3. The maximum atomic E-state index is 12.3. The Labute approximate surface area is 148 Å². The number of methoxy groups -OCH3 is 1. The summed E-state index contributed by atoms with van der Waals surface area (Å²) in [6, 6.07) is 0. The van der Waals surface area contributed by atoms with Gasteiger partial charge in [-0.1, -0.05) is 0 Å². The highest BCUT2D eigenvalue weighted by Crippen LogP contribution is 2.34. The van der Waals surface area contributed by atoms with Crippen molar-refractivity contribution in [3.63, 3.8) is 0 Å². The second kappa shape index (κ2) is 8.61. The number of ether oxygens (including phenoxy) is 6. The molecule has 1 fully saturated rings. The third kappa shape index (κ3) is 4.91. The van der Waals surface area contributed by atoms with Gasteiger partial charge in [0.25, 0.3) is 0 Å². The third-order valence-corrected chi connectivity index (χ3v) is 3.18. The lowest BCUT2D eigenvalue weighted by atomic mass is 9.95. The van der Waals surface area contributed by atoms with Crippen molar-refractivity contribution in [1.82, 2.24) is 0 Å². The first kappa shape index (κ1) is 21.4. The molecule has 0 spiro atoms. The summed E-state index contributed by atoms with van der Waals surface area (Å²) in [6.45, 7) is 3.64. The Kier molecular flexibility index (Phi) is 7.07. The molecule has 0 unspecified atom stereocenters. The molecule has 11 nitrogen and oxygen atoms in total. The van der Waals surface area contributed by atoms with Crippen molar-refractivity contribution in [2.24, 2.45) is 0 Å². The lowest BCUT2D eigenvalue weighted by Gasteiger charge is -2.44. The van der Waals surface area contributed by atoms with Crippen molar-refractivity contribution in [3.8, 4) is 0 Å². The van der Waals surface area contributed by atoms with Crippen LogP contribution in [0.5, 0.6) is 0 Å². The summed E-state index contributed by atoms with van der Waals surface area (Å²) in [7, 11) is 0.987. The Morgan fingerprint density at radius 3 is 1.81 bits per heavy atom. The summed E-state index contributed by atoms with van der Waals surface area (Å²) in [5.41, 5.74) is 0. The van der Waals surface area contributed by atoms with Gasteiger partial charge in [0.15, 0.2) is 12.2 Å². The molecule has 0 aliphatic carbocycles. The van der Waals surface area contributed by atoms with Crippen LogP contribution in [0.2, 0.25) is 0 Å². The van der Waals surface area contributed by atoms with Crippen LogP contribution >= 0.6 is 0 Å². The highest BCUT2D eigenvalue weighted by molar-refractivity contribution is 5.83. The fraction of sp³-hybridized carbons (Fsp3) is 0.667. The van der Waals surface area contributed by atoms with Gasteiger partial charge in [-0.25, -0.2) is 4.79 Å². The van der Waals surface area contributed by atoms with Crippen LogP contribution < -0.4 is 0 Å². The first-order valence-corrected chi connectivity index (χ1v) is 7.47. The molecule has 1 rings (SSSR count). The number of hydrogen-bond acceptors (Lipinski definition) is 11. The lowest BCUT2D eigenvalue weighted by molar-refractivity contribution is -0.321. The SMILES string of the molecule is COC(=O)[C@]1(OC(C)=O)OC[C@H](OC(C)=O)[C@@H](OC(C)=O)[C@@H]1OC(C)=O. The van der Waals surface area contributed by atoms with Gasteiger partial charge in [0.05, 0.1) is 13.7 Å². The molecule has 0 aromatic carbocycles. The molecule has 0 amide bonds. The van der Waals surface area contributed by atoms with E-state index >= 15 is 0 Å². The topological polar surface area (TPSA) is 141 Å². The van der Waals surface area contributed by atoms with E-state index in [4.69, 9.17) is 23.7 Å². The molecular weight excluding hydrogens is 356 g/mol. The van der Waals surface area contributed by atoms with E-state index in [-0.39, 0.29) is 0 Å². The van der Waals surface area contributed by atoms with Crippen molar-refractivity contribution in [1.29, 1.82) is 0 Å². The predicted molar refractivity (Wildman–Crippen MR) is 79.1 cm³/mol. The standard InChI is InChI=1S/C15H20O11/c1-7(16)23-11-6-22-15(14(20)21-5,26-10(4)19)13(25-9(3)18)12(11)24-8(2)17/h11-13H,6H2,1-5H3/t11-,12+,13-,15-/m0/s1. The van der Waals surface area contributed by atoms with E-state index in [0.29, 0.717) is 0 Å². The summed E-state index contributed by atoms with van der Waals surface area (Å²) in [4.78, 5) is 58.1. The average Bonchev–Trinajstić information content (AvgIpc) is 2.50. The average molecular weight is 376 g/mol. The Morgan fingerprint density at radius 2 is 1.38 bits per heavy atom. The number of rotatable bonds is 5. The molecule has 1 aliphatic rings. The molecule has 0 bridgehead atoms. The van der Waals surface area contributed by atoms with Crippen molar-refractivity contribution < 1.29 is 52.4 Å². The van der Waals surface area contributed by atoms with Crippen LogP contribution in [0, 0.1) is 0 Å². The van der Waals surface area contributed by atoms with Crippen molar-refractivity contribution in [2.75, 3.05) is 13.7 Å². The minimum atomic E-state index is -2.54. The molecule has 0 aromatic heterocycles. The smallest absolute Gasteiger partial charge is 0.383 e. The van der Waals surface area contributed by atoms with Gasteiger partial charge in [-0.3, -0.25) is 19.2 Å². The minimum Gasteiger partial charge on any atom is -0.464 e. The first-order chi connectivity index (χ1) is 12.0. The summed E-state index contributed by atoms with van der Waals surface area (Å²) >= 11 is 0. The monoisotopic (exact) mass is 376 g/mol. The van der Waals surface area contributed by atoms with Crippen LogP contribution in [-0.2, 0) is 52.4 Å². The van der Waals surface area contributed by atoms with E-state index in [1.807, 2.05) is 0 Å². The van der Waals surface area contributed by atoms with Crippen LogP contribution in [0.15, 0.2) is 0 Å². The van der Waals surface area contributed by atoms with Gasteiger partial charge in [-0.15, -0.1) is 0 Å². The highest BCUT2D eigenvalue weighted by atomic mass is 16.8. The molecule has 0 radical (unpaired) electrons. The van der Waals surface area contributed by atoms with Crippen LogP contribution in [0.4, 0.5) is 0 Å². The minimum absolute atomic E-state index is 0.502. The van der Waals surface area contributed by atoms with Gasteiger partial charge >= 0.3 is 35.6 Å². The Hall–Kier alpha value is -2.69. The summed E-state index contributed by atoms with van der Waals surface area (Å²) < 4.78 is 30.0. The van der Waals surface area contributed by atoms with Gasteiger partial charge in [0.2, 0.25) is 6.10 Å². The van der Waals surface area contributed by atoms with E-state index < -0.39 is 60.6 Å². The molecule has 1 heterocycles. The van der Waals surface area contributed by atoms with E-state index in [9.17, 15) is 24.0 Å². The first-order valence-electron chi connectivity index (χ1n) is 7.47.